The van der Waals surface area contributed by atoms with Gasteiger partial charge in [-0.25, -0.2) is 10.1 Å². The Morgan fingerprint density at radius 1 is 1.14 bits per heavy atom. The molecule has 7 nitrogen and oxygen atoms in total. The Kier molecular flexibility index (Phi) is 5.84. The number of rotatable bonds is 6. The van der Waals surface area contributed by atoms with Crippen LogP contribution in [0.25, 0.3) is 10.8 Å². The molecule has 0 atom stereocenters. The maximum Gasteiger partial charge on any atom is 0.292 e. The van der Waals surface area contributed by atoms with Crippen LogP contribution in [0.3, 0.4) is 0 Å². The average molecular weight is 378 g/mol. The maximum absolute atomic E-state index is 12.8. The molecule has 0 saturated heterocycles. The van der Waals surface area contributed by atoms with Crippen molar-refractivity contribution in [2.24, 2.45) is 5.10 Å². The summed E-state index contributed by atoms with van der Waals surface area (Å²) in [7, 11) is 1.58. The Morgan fingerprint density at radius 3 is 2.54 bits per heavy atom. The van der Waals surface area contributed by atoms with Gasteiger partial charge in [-0.05, 0) is 31.5 Å². The fraction of sp³-hybridized carbons (Fsp3) is 0.238. The molecule has 1 N–H and O–H groups in total. The Labute approximate surface area is 162 Å². The quantitative estimate of drug-likeness (QED) is 0.528. The molecule has 7 heteroatoms. The van der Waals surface area contributed by atoms with Gasteiger partial charge >= 0.3 is 0 Å². The number of fused-ring (bicyclic) bond motifs is 1. The highest BCUT2D eigenvalue weighted by Gasteiger charge is 2.16. The van der Waals surface area contributed by atoms with Crippen molar-refractivity contribution in [3.05, 3.63) is 70.1 Å². The lowest BCUT2D eigenvalue weighted by Crippen LogP contribution is -2.29. The number of hydrogen-bond acceptors (Lipinski definition) is 5. The molecule has 0 spiro atoms. The molecule has 0 aliphatic carbocycles. The van der Waals surface area contributed by atoms with Gasteiger partial charge in [-0.15, -0.1) is 0 Å². The number of hydrazone groups is 1. The lowest BCUT2D eigenvalue weighted by Gasteiger charge is -2.10. The highest BCUT2D eigenvalue weighted by atomic mass is 16.5. The van der Waals surface area contributed by atoms with Gasteiger partial charge in [0, 0.05) is 17.5 Å². The fourth-order valence-electron chi connectivity index (χ4n) is 2.96. The van der Waals surface area contributed by atoms with E-state index in [1.54, 1.807) is 38.3 Å². The molecule has 0 bridgehead atoms. The highest BCUT2D eigenvalue weighted by molar-refractivity contribution is 6.06. The summed E-state index contributed by atoms with van der Waals surface area (Å²) in [6.07, 6.45) is 0.734. The first-order valence-corrected chi connectivity index (χ1v) is 9.04. The zero-order valence-electron chi connectivity index (χ0n) is 16.1. The van der Waals surface area contributed by atoms with Crippen LogP contribution < -0.4 is 15.7 Å². The number of hydrogen-bond donors (Lipinski definition) is 1. The second-order valence-corrected chi connectivity index (χ2v) is 6.26. The topological polar surface area (TPSA) is 85.6 Å². The molecule has 144 valence electrons. The molecule has 0 fully saturated rings. The Balaban J connectivity index is 1.97. The molecule has 0 saturated carbocycles. The van der Waals surface area contributed by atoms with E-state index < -0.39 is 5.91 Å². The predicted octanol–water partition coefficient (Wildman–Crippen LogP) is 2.97. The second kappa shape index (κ2) is 8.47. The zero-order valence-corrected chi connectivity index (χ0v) is 16.1. The third kappa shape index (κ3) is 3.78. The van der Waals surface area contributed by atoms with Gasteiger partial charge in [-0.2, -0.15) is 10.2 Å². The van der Waals surface area contributed by atoms with E-state index in [9.17, 15) is 9.59 Å². The normalized spacial score (nSPS) is 11.5. The van der Waals surface area contributed by atoms with Gasteiger partial charge in [-0.1, -0.05) is 37.3 Å². The summed E-state index contributed by atoms with van der Waals surface area (Å²) in [6, 6.07) is 14.4. The molecule has 28 heavy (non-hydrogen) atoms. The summed E-state index contributed by atoms with van der Waals surface area (Å²) in [6.45, 7) is 4.17. The van der Waals surface area contributed by atoms with Gasteiger partial charge in [0.05, 0.1) is 18.2 Å². The number of carbonyl (C=O) groups excluding carboxylic acids is 1. The number of para-hydroxylation sites is 1. The van der Waals surface area contributed by atoms with Gasteiger partial charge in [0.1, 0.15) is 5.75 Å². The van der Waals surface area contributed by atoms with Crippen LogP contribution in [0.5, 0.6) is 5.75 Å². The summed E-state index contributed by atoms with van der Waals surface area (Å²) >= 11 is 0. The molecule has 1 amide bonds. The number of ether oxygens (including phenoxy) is 1. The largest absolute Gasteiger partial charge is 0.496 e. The standard InChI is InChI=1S/C21H22N4O3/c1-4-13-25-21(27)17-11-6-5-10-16(17)19(24-25)20(26)23-22-14(2)15-9-7-8-12-18(15)28-3/h5-12H,4,13H2,1-3H3,(H,23,26)/b22-14+. The molecule has 0 unspecified atom stereocenters. The summed E-state index contributed by atoms with van der Waals surface area (Å²) in [5.74, 6) is 0.188. The number of methoxy groups -OCH3 is 1. The molecule has 0 aliphatic rings. The van der Waals surface area contributed by atoms with Crippen LogP contribution in [0.4, 0.5) is 0 Å². The Morgan fingerprint density at radius 2 is 1.82 bits per heavy atom. The van der Waals surface area contributed by atoms with E-state index in [4.69, 9.17) is 4.74 Å². The molecule has 3 aromatic rings. The molecular formula is C21H22N4O3. The second-order valence-electron chi connectivity index (χ2n) is 6.26. The number of carbonyl (C=O) groups is 1. The van der Waals surface area contributed by atoms with Crippen molar-refractivity contribution in [2.75, 3.05) is 7.11 Å². The van der Waals surface area contributed by atoms with Crippen LogP contribution >= 0.6 is 0 Å². The van der Waals surface area contributed by atoms with Crippen molar-refractivity contribution in [3.63, 3.8) is 0 Å². The van der Waals surface area contributed by atoms with Crippen LogP contribution in [0.15, 0.2) is 58.4 Å². The number of amides is 1. The van der Waals surface area contributed by atoms with Crippen LogP contribution in [-0.4, -0.2) is 28.5 Å². The number of nitrogens with zero attached hydrogens (tertiary/aromatic N) is 3. The average Bonchev–Trinajstić information content (AvgIpc) is 2.73. The lowest BCUT2D eigenvalue weighted by atomic mass is 10.1. The van der Waals surface area contributed by atoms with Crippen molar-refractivity contribution >= 4 is 22.4 Å². The monoisotopic (exact) mass is 378 g/mol. The summed E-state index contributed by atoms with van der Waals surface area (Å²) in [5.41, 5.74) is 3.88. The lowest BCUT2D eigenvalue weighted by molar-refractivity contribution is 0.0949. The first kappa shape index (κ1) is 19.3. The van der Waals surface area contributed by atoms with Crippen molar-refractivity contribution in [2.45, 2.75) is 26.8 Å². The van der Waals surface area contributed by atoms with Crippen molar-refractivity contribution < 1.29 is 9.53 Å². The fourth-order valence-corrected chi connectivity index (χ4v) is 2.96. The maximum atomic E-state index is 12.8. The summed E-state index contributed by atoms with van der Waals surface area (Å²) < 4.78 is 6.65. The summed E-state index contributed by atoms with van der Waals surface area (Å²) in [4.78, 5) is 25.3. The van der Waals surface area contributed by atoms with Crippen LogP contribution in [0.2, 0.25) is 0 Å². The number of aromatic nitrogens is 2. The summed E-state index contributed by atoms with van der Waals surface area (Å²) in [5, 5.41) is 9.43. The molecule has 0 radical (unpaired) electrons. The van der Waals surface area contributed by atoms with E-state index in [-0.39, 0.29) is 11.3 Å². The number of aryl methyl sites for hydroxylation is 1. The minimum atomic E-state index is -0.477. The number of benzene rings is 2. The molecule has 2 aromatic carbocycles. The smallest absolute Gasteiger partial charge is 0.292 e. The van der Waals surface area contributed by atoms with Crippen LogP contribution in [0, 0.1) is 0 Å². The van der Waals surface area contributed by atoms with Crippen LogP contribution in [0.1, 0.15) is 36.3 Å². The van der Waals surface area contributed by atoms with Crippen molar-refractivity contribution in [1.82, 2.24) is 15.2 Å². The molecule has 1 aromatic heterocycles. The molecule has 1 heterocycles. The predicted molar refractivity (Wildman–Crippen MR) is 109 cm³/mol. The SMILES string of the molecule is CCCn1nc(C(=O)N/N=C(\C)c2ccccc2OC)c2ccccc2c1=O. The minimum absolute atomic E-state index is 0.167. The molecule has 0 aliphatic heterocycles. The first-order chi connectivity index (χ1) is 13.6. The minimum Gasteiger partial charge on any atom is -0.496 e. The van der Waals surface area contributed by atoms with Crippen molar-refractivity contribution in [1.29, 1.82) is 0 Å². The highest BCUT2D eigenvalue weighted by Crippen LogP contribution is 2.18. The van der Waals surface area contributed by atoms with Gasteiger partial charge in [0.25, 0.3) is 11.5 Å². The van der Waals surface area contributed by atoms with Gasteiger partial charge in [-0.3, -0.25) is 9.59 Å². The Bertz CT molecular complexity index is 1100. The Hall–Kier alpha value is -3.48. The van der Waals surface area contributed by atoms with E-state index in [1.807, 2.05) is 31.2 Å². The van der Waals surface area contributed by atoms with E-state index in [2.05, 4.69) is 15.6 Å². The third-order valence-electron chi connectivity index (χ3n) is 4.34. The zero-order chi connectivity index (χ0) is 20.1. The van der Waals surface area contributed by atoms with E-state index in [1.165, 1.54) is 4.68 Å². The number of nitrogens with one attached hydrogen (secondary N) is 1. The van der Waals surface area contributed by atoms with Crippen LogP contribution in [-0.2, 0) is 6.54 Å². The van der Waals surface area contributed by atoms with Crippen molar-refractivity contribution in [3.8, 4) is 5.75 Å². The van der Waals surface area contributed by atoms with Gasteiger partial charge < -0.3 is 4.74 Å². The van der Waals surface area contributed by atoms with E-state index >= 15 is 0 Å². The van der Waals surface area contributed by atoms with E-state index in [0.29, 0.717) is 28.8 Å². The molecule has 3 rings (SSSR count). The molecular weight excluding hydrogens is 356 g/mol. The van der Waals surface area contributed by atoms with Gasteiger partial charge in [0.15, 0.2) is 5.69 Å². The first-order valence-electron chi connectivity index (χ1n) is 9.04. The van der Waals surface area contributed by atoms with Gasteiger partial charge in [0.2, 0.25) is 0 Å². The van der Waals surface area contributed by atoms with E-state index in [0.717, 1.165) is 12.0 Å². The third-order valence-corrected chi connectivity index (χ3v) is 4.34.